The van der Waals surface area contributed by atoms with Crippen LogP contribution in [0.15, 0.2) is 0 Å². The summed E-state index contributed by atoms with van der Waals surface area (Å²) < 4.78 is 26.3. The monoisotopic (exact) mass is 191 g/mol. The highest BCUT2D eigenvalue weighted by atomic mass is 19.3. The summed E-state index contributed by atoms with van der Waals surface area (Å²) >= 11 is 0. The van der Waals surface area contributed by atoms with E-state index < -0.39 is 11.8 Å². The Morgan fingerprint density at radius 3 is 2.69 bits per heavy atom. The van der Waals surface area contributed by atoms with Crippen molar-refractivity contribution < 1.29 is 13.6 Å². The van der Waals surface area contributed by atoms with E-state index in [-0.39, 0.29) is 25.4 Å². The number of amides is 1. The number of likely N-dealkylation sites (tertiary alicyclic amines) is 1. The van der Waals surface area contributed by atoms with Crippen LogP contribution in [0.25, 0.3) is 0 Å². The zero-order valence-electron chi connectivity index (χ0n) is 8.02. The molecular formula is C9H15F2NO. The topological polar surface area (TPSA) is 20.3 Å². The lowest BCUT2D eigenvalue weighted by molar-refractivity contribution is -0.143. The smallest absolute Gasteiger partial charge is 0.254 e. The lowest BCUT2D eigenvalue weighted by Crippen LogP contribution is -2.48. The molecule has 0 spiro atoms. The van der Waals surface area contributed by atoms with Crippen LogP contribution in [0.2, 0.25) is 0 Å². The van der Waals surface area contributed by atoms with Gasteiger partial charge in [-0.2, -0.15) is 0 Å². The summed E-state index contributed by atoms with van der Waals surface area (Å²) in [5.41, 5.74) is 0. The molecule has 1 atom stereocenters. The number of carbonyl (C=O) groups excluding carboxylic acids is 1. The van der Waals surface area contributed by atoms with Crippen molar-refractivity contribution >= 4 is 5.91 Å². The lowest BCUT2D eigenvalue weighted by Gasteiger charge is -2.37. The Balaban J connectivity index is 2.63. The van der Waals surface area contributed by atoms with Gasteiger partial charge in [-0.15, -0.1) is 0 Å². The van der Waals surface area contributed by atoms with E-state index in [0.29, 0.717) is 6.42 Å². The van der Waals surface area contributed by atoms with Crippen molar-refractivity contribution in [2.24, 2.45) is 5.92 Å². The number of carbonyl (C=O) groups is 1. The number of hydrogen-bond acceptors (Lipinski definition) is 1. The second-order valence-electron chi connectivity index (χ2n) is 3.58. The van der Waals surface area contributed by atoms with Gasteiger partial charge < -0.3 is 4.90 Å². The van der Waals surface area contributed by atoms with E-state index >= 15 is 0 Å². The molecule has 1 rings (SSSR count). The first-order valence-corrected chi connectivity index (χ1v) is 4.60. The van der Waals surface area contributed by atoms with Crippen molar-refractivity contribution in [3.05, 3.63) is 0 Å². The number of piperidine rings is 1. The molecule has 0 aromatic carbocycles. The predicted molar refractivity (Wildman–Crippen MR) is 45.6 cm³/mol. The number of nitrogens with zero attached hydrogens (tertiary/aromatic N) is 1. The third-order valence-corrected chi connectivity index (χ3v) is 2.69. The van der Waals surface area contributed by atoms with Crippen LogP contribution in [0, 0.1) is 5.92 Å². The first kappa shape index (κ1) is 10.4. The third-order valence-electron chi connectivity index (χ3n) is 2.69. The van der Waals surface area contributed by atoms with Gasteiger partial charge in [0, 0.05) is 32.4 Å². The van der Waals surface area contributed by atoms with Gasteiger partial charge in [-0.3, -0.25) is 4.79 Å². The summed E-state index contributed by atoms with van der Waals surface area (Å²) in [6, 6.07) is 0. The molecule has 13 heavy (non-hydrogen) atoms. The number of alkyl halides is 2. The van der Waals surface area contributed by atoms with Gasteiger partial charge in [-0.25, -0.2) is 8.78 Å². The second kappa shape index (κ2) is 3.60. The van der Waals surface area contributed by atoms with Crippen LogP contribution < -0.4 is 0 Å². The average molecular weight is 191 g/mol. The molecule has 2 nitrogen and oxygen atoms in total. The van der Waals surface area contributed by atoms with E-state index in [9.17, 15) is 13.6 Å². The van der Waals surface area contributed by atoms with Crippen molar-refractivity contribution in [3.8, 4) is 0 Å². The molecule has 0 aromatic rings. The van der Waals surface area contributed by atoms with E-state index in [1.165, 1.54) is 11.8 Å². The molecule has 1 heterocycles. The second-order valence-corrected chi connectivity index (χ2v) is 3.58. The summed E-state index contributed by atoms with van der Waals surface area (Å²) in [5.74, 6) is -3.35. The molecule has 1 fully saturated rings. The molecule has 76 valence electrons. The van der Waals surface area contributed by atoms with Gasteiger partial charge in [-0.05, 0) is 6.42 Å². The van der Waals surface area contributed by atoms with Crippen LogP contribution in [0.4, 0.5) is 8.78 Å². The van der Waals surface area contributed by atoms with Gasteiger partial charge in [0.25, 0.3) is 5.92 Å². The van der Waals surface area contributed by atoms with Crippen molar-refractivity contribution in [1.82, 2.24) is 4.90 Å². The summed E-state index contributed by atoms with van der Waals surface area (Å²) in [7, 11) is 0. The highest BCUT2D eigenvalue weighted by Crippen LogP contribution is 2.35. The molecule has 0 aromatic heterocycles. The number of hydrogen-bond donors (Lipinski definition) is 0. The normalized spacial score (nSPS) is 27.4. The van der Waals surface area contributed by atoms with E-state index in [2.05, 4.69) is 0 Å². The van der Waals surface area contributed by atoms with E-state index in [0.717, 1.165) is 0 Å². The molecule has 0 saturated carbocycles. The Morgan fingerprint density at radius 1 is 1.62 bits per heavy atom. The highest BCUT2D eigenvalue weighted by Gasteiger charge is 2.43. The molecular weight excluding hydrogens is 176 g/mol. The summed E-state index contributed by atoms with van der Waals surface area (Å²) in [5, 5.41) is 0. The maximum atomic E-state index is 13.2. The van der Waals surface area contributed by atoms with Crippen LogP contribution in [0.3, 0.4) is 0 Å². The molecule has 1 amide bonds. The quantitative estimate of drug-likeness (QED) is 0.620. The minimum Gasteiger partial charge on any atom is -0.342 e. The van der Waals surface area contributed by atoms with Crippen LogP contribution in [0.1, 0.15) is 26.7 Å². The minimum atomic E-state index is -2.58. The lowest BCUT2D eigenvalue weighted by atomic mass is 9.91. The van der Waals surface area contributed by atoms with E-state index in [1.54, 1.807) is 6.92 Å². The summed E-state index contributed by atoms with van der Waals surface area (Å²) in [4.78, 5) is 12.5. The molecule has 1 unspecified atom stereocenters. The zero-order valence-corrected chi connectivity index (χ0v) is 8.02. The third kappa shape index (κ3) is 2.17. The average Bonchev–Trinajstić information content (AvgIpc) is 2.03. The van der Waals surface area contributed by atoms with Crippen molar-refractivity contribution in [2.75, 3.05) is 13.1 Å². The molecule has 0 aliphatic carbocycles. The van der Waals surface area contributed by atoms with Crippen LogP contribution in [-0.4, -0.2) is 29.8 Å². The van der Waals surface area contributed by atoms with Gasteiger partial charge in [0.15, 0.2) is 0 Å². The first-order chi connectivity index (χ1) is 5.97. The molecule has 1 saturated heterocycles. The van der Waals surface area contributed by atoms with Gasteiger partial charge in [0.2, 0.25) is 5.91 Å². The van der Waals surface area contributed by atoms with Crippen LogP contribution in [-0.2, 0) is 4.79 Å². The first-order valence-electron chi connectivity index (χ1n) is 4.60. The number of rotatable bonds is 1. The molecule has 0 bridgehead atoms. The Labute approximate surface area is 76.9 Å². The molecule has 1 aliphatic heterocycles. The number of halogens is 2. The van der Waals surface area contributed by atoms with Gasteiger partial charge in [0.1, 0.15) is 0 Å². The maximum Gasteiger partial charge on any atom is 0.254 e. The fourth-order valence-electron chi connectivity index (χ4n) is 1.69. The summed E-state index contributed by atoms with van der Waals surface area (Å²) in [6.45, 7) is 3.57. The Hall–Kier alpha value is -0.670. The molecule has 1 aliphatic rings. The minimum absolute atomic E-state index is 0.103. The van der Waals surface area contributed by atoms with Crippen molar-refractivity contribution in [2.45, 2.75) is 32.6 Å². The van der Waals surface area contributed by atoms with Crippen LogP contribution in [0.5, 0.6) is 0 Å². The summed E-state index contributed by atoms with van der Waals surface area (Å²) in [6.07, 6.45) is 0.238. The molecule has 0 N–H and O–H groups in total. The molecule has 4 heteroatoms. The van der Waals surface area contributed by atoms with Crippen molar-refractivity contribution in [1.29, 1.82) is 0 Å². The maximum absolute atomic E-state index is 13.2. The van der Waals surface area contributed by atoms with Crippen LogP contribution >= 0.6 is 0 Å². The van der Waals surface area contributed by atoms with E-state index in [4.69, 9.17) is 0 Å². The standard InChI is InChI=1S/C9H15F2NO/c1-3-8-6-12(7(2)13)5-4-9(8,10)11/h8H,3-6H2,1-2H3. The van der Waals surface area contributed by atoms with E-state index in [1.807, 2.05) is 0 Å². The Morgan fingerprint density at radius 2 is 2.23 bits per heavy atom. The van der Waals surface area contributed by atoms with Gasteiger partial charge in [0.05, 0.1) is 0 Å². The predicted octanol–water partition coefficient (Wildman–Crippen LogP) is 1.90. The zero-order chi connectivity index (χ0) is 10.1. The SMILES string of the molecule is CCC1CN(C(C)=O)CCC1(F)F. The Kier molecular flexibility index (Phi) is 2.88. The van der Waals surface area contributed by atoms with Crippen molar-refractivity contribution in [3.63, 3.8) is 0 Å². The molecule has 0 radical (unpaired) electrons. The fourth-order valence-corrected chi connectivity index (χ4v) is 1.69. The van der Waals surface area contributed by atoms with Gasteiger partial charge in [-0.1, -0.05) is 6.92 Å². The highest BCUT2D eigenvalue weighted by molar-refractivity contribution is 5.73. The fraction of sp³-hybridized carbons (Fsp3) is 0.889. The largest absolute Gasteiger partial charge is 0.342 e. The van der Waals surface area contributed by atoms with Gasteiger partial charge >= 0.3 is 0 Å². The Bertz CT molecular complexity index is 206.